The highest BCUT2D eigenvalue weighted by Crippen LogP contribution is 2.08. The molecule has 2 rings (SSSR count). The fraction of sp³-hybridized carbons (Fsp3) is 0.143. The van der Waals surface area contributed by atoms with E-state index in [9.17, 15) is 4.79 Å². The van der Waals surface area contributed by atoms with E-state index in [4.69, 9.17) is 5.73 Å². The Morgan fingerprint density at radius 2 is 2.37 bits per heavy atom. The third kappa shape index (κ3) is 3.70. The first-order valence-electron chi connectivity index (χ1n) is 5.95. The predicted octanol–water partition coefficient (Wildman–Crippen LogP) is 1.63. The van der Waals surface area contributed by atoms with E-state index >= 15 is 0 Å². The number of nitrogens with two attached hydrogens (primary N) is 1. The lowest BCUT2D eigenvalue weighted by Crippen LogP contribution is -2.20. The quantitative estimate of drug-likeness (QED) is 0.574. The Balaban J connectivity index is 1.89. The van der Waals surface area contributed by atoms with E-state index in [2.05, 4.69) is 15.5 Å². The van der Waals surface area contributed by atoms with Gasteiger partial charge in [0.25, 0.3) is 0 Å². The van der Waals surface area contributed by atoms with Crippen LogP contribution in [0.3, 0.4) is 0 Å². The minimum absolute atomic E-state index is 0.150. The number of carbonyl (C=O) groups excluding carboxylic acids is 1. The van der Waals surface area contributed by atoms with E-state index in [1.165, 1.54) is 6.08 Å². The molecule has 0 saturated heterocycles. The summed E-state index contributed by atoms with van der Waals surface area (Å²) in [5.41, 5.74) is 9.17. The Labute approximate surface area is 111 Å². The van der Waals surface area contributed by atoms with Crippen molar-refractivity contribution >= 4 is 17.7 Å². The van der Waals surface area contributed by atoms with Crippen LogP contribution in [-0.2, 0) is 11.3 Å². The predicted molar refractivity (Wildman–Crippen MR) is 75.1 cm³/mol. The average Bonchev–Trinajstić information content (AvgIpc) is 2.80. The summed E-state index contributed by atoms with van der Waals surface area (Å²) < 4.78 is 0. The molecule has 0 unspecified atom stereocenters. The van der Waals surface area contributed by atoms with E-state index in [1.54, 1.807) is 18.3 Å². The molecule has 1 aromatic heterocycles. The lowest BCUT2D eigenvalue weighted by atomic mass is 10.2. The molecule has 5 nitrogen and oxygen atoms in total. The average molecular weight is 256 g/mol. The molecule has 1 aromatic carbocycles. The molecule has 5 heteroatoms. The van der Waals surface area contributed by atoms with Crippen molar-refractivity contribution in [2.45, 2.75) is 13.5 Å². The fourth-order valence-corrected chi connectivity index (χ4v) is 1.63. The van der Waals surface area contributed by atoms with Gasteiger partial charge in [-0.1, -0.05) is 12.1 Å². The van der Waals surface area contributed by atoms with Crippen molar-refractivity contribution in [3.05, 3.63) is 53.4 Å². The number of nitrogens with zero attached hydrogens (tertiary/aromatic N) is 1. The smallest absolute Gasteiger partial charge is 0.244 e. The van der Waals surface area contributed by atoms with Crippen LogP contribution in [0.1, 0.15) is 16.8 Å². The summed E-state index contributed by atoms with van der Waals surface area (Å²) in [5.74, 6) is -0.150. The maximum absolute atomic E-state index is 11.6. The summed E-state index contributed by atoms with van der Waals surface area (Å²) in [7, 11) is 0. The van der Waals surface area contributed by atoms with Crippen LogP contribution in [0, 0.1) is 6.92 Å². The van der Waals surface area contributed by atoms with Crippen molar-refractivity contribution < 1.29 is 4.79 Å². The van der Waals surface area contributed by atoms with Gasteiger partial charge in [0.1, 0.15) is 0 Å². The first kappa shape index (κ1) is 12.9. The third-order valence-electron chi connectivity index (χ3n) is 2.73. The maximum atomic E-state index is 11.6. The third-order valence-corrected chi connectivity index (χ3v) is 2.73. The molecular formula is C14H16N4O. The number of rotatable bonds is 4. The van der Waals surface area contributed by atoms with Crippen LogP contribution >= 0.6 is 0 Å². The maximum Gasteiger partial charge on any atom is 0.244 e. The summed E-state index contributed by atoms with van der Waals surface area (Å²) >= 11 is 0. The molecule has 0 spiro atoms. The Morgan fingerprint density at radius 3 is 3.05 bits per heavy atom. The molecule has 0 radical (unpaired) electrons. The van der Waals surface area contributed by atoms with Gasteiger partial charge in [-0.05, 0) is 30.7 Å². The highest BCUT2D eigenvalue weighted by molar-refractivity contribution is 5.91. The first-order valence-corrected chi connectivity index (χ1v) is 5.95. The van der Waals surface area contributed by atoms with Crippen molar-refractivity contribution in [1.29, 1.82) is 0 Å². The van der Waals surface area contributed by atoms with E-state index in [0.717, 1.165) is 16.8 Å². The number of hydrogen-bond acceptors (Lipinski definition) is 3. The number of H-pyrrole nitrogens is 1. The number of nitrogen functional groups attached to an aromatic ring is 1. The number of carbonyl (C=O) groups is 1. The molecule has 98 valence electrons. The lowest BCUT2D eigenvalue weighted by molar-refractivity contribution is -0.116. The second-order valence-electron chi connectivity index (χ2n) is 4.24. The van der Waals surface area contributed by atoms with Gasteiger partial charge in [-0.15, -0.1) is 0 Å². The summed E-state index contributed by atoms with van der Waals surface area (Å²) in [5, 5.41) is 9.51. The van der Waals surface area contributed by atoms with Gasteiger partial charge in [0, 0.05) is 29.6 Å². The van der Waals surface area contributed by atoms with Gasteiger partial charge in [-0.25, -0.2) is 0 Å². The van der Waals surface area contributed by atoms with Crippen LogP contribution in [0.4, 0.5) is 5.69 Å². The van der Waals surface area contributed by atoms with Crippen molar-refractivity contribution in [1.82, 2.24) is 15.5 Å². The van der Waals surface area contributed by atoms with Crippen LogP contribution in [-0.4, -0.2) is 16.1 Å². The molecule has 1 heterocycles. The first-order chi connectivity index (χ1) is 9.15. The van der Waals surface area contributed by atoms with Gasteiger partial charge in [-0.3, -0.25) is 9.89 Å². The molecular weight excluding hydrogens is 240 g/mol. The minimum atomic E-state index is -0.150. The van der Waals surface area contributed by atoms with Crippen LogP contribution < -0.4 is 11.1 Å². The minimum Gasteiger partial charge on any atom is -0.399 e. The summed E-state index contributed by atoms with van der Waals surface area (Å²) in [6.45, 7) is 2.37. The number of anilines is 1. The zero-order valence-electron chi connectivity index (χ0n) is 10.7. The van der Waals surface area contributed by atoms with Gasteiger partial charge in [-0.2, -0.15) is 5.10 Å². The monoisotopic (exact) mass is 256 g/mol. The molecule has 0 fully saturated rings. The molecule has 0 aliphatic carbocycles. The fourth-order valence-electron chi connectivity index (χ4n) is 1.63. The summed E-state index contributed by atoms with van der Waals surface area (Å²) in [6, 6.07) is 7.35. The number of benzene rings is 1. The lowest BCUT2D eigenvalue weighted by Gasteiger charge is -2.00. The Morgan fingerprint density at radius 1 is 1.53 bits per heavy atom. The Bertz CT molecular complexity index is 601. The molecule has 2 aromatic rings. The molecule has 4 N–H and O–H groups in total. The van der Waals surface area contributed by atoms with E-state index in [0.29, 0.717) is 12.2 Å². The van der Waals surface area contributed by atoms with Crippen molar-refractivity contribution in [2.75, 3.05) is 5.73 Å². The largest absolute Gasteiger partial charge is 0.399 e. The number of hydrogen-bond donors (Lipinski definition) is 3. The van der Waals surface area contributed by atoms with Gasteiger partial charge < -0.3 is 11.1 Å². The number of amides is 1. The van der Waals surface area contributed by atoms with Crippen molar-refractivity contribution in [2.24, 2.45) is 0 Å². The number of aromatic nitrogens is 2. The zero-order chi connectivity index (χ0) is 13.7. The van der Waals surface area contributed by atoms with Gasteiger partial charge >= 0.3 is 0 Å². The molecule has 19 heavy (non-hydrogen) atoms. The van der Waals surface area contributed by atoms with Crippen molar-refractivity contribution in [3.8, 4) is 0 Å². The zero-order valence-corrected chi connectivity index (χ0v) is 10.7. The van der Waals surface area contributed by atoms with Crippen LogP contribution in [0.25, 0.3) is 6.08 Å². The second kappa shape index (κ2) is 5.86. The van der Waals surface area contributed by atoms with E-state index in [1.807, 2.05) is 25.1 Å². The highest BCUT2D eigenvalue weighted by atomic mass is 16.1. The summed E-state index contributed by atoms with van der Waals surface area (Å²) in [6.07, 6.45) is 4.93. The van der Waals surface area contributed by atoms with Crippen LogP contribution in [0.15, 0.2) is 36.5 Å². The second-order valence-corrected chi connectivity index (χ2v) is 4.24. The number of aryl methyl sites for hydroxylation is 1. The topological polar surface area (TPSA) is 83.8 Å². The van der Waals surface area contributed by atoms with Crippen molar-refractivity contribution in [3.63, 3.8) is 0 Å². The molecule has 0 atom stereocenters. The highest BCUT2D eigenvalue weighted by Gasteiger charge is 2.01. The number of nitrogens with one attached hydrogen (secondary N) is 2. The molecule has 0 bridgehead atoms. The molecule has 0 aliphatic rings. The molecule has 0 aliphatic heterocycles. The number of aromatic amines is 1. The normalized spacial score (nSPS) is 10.8. The SMILES string of the molecule is Cc1[nH]ncc1CNC(=O)/C=C/c1cccc(N)c1. The summed E-state index contributed by atoms with van der Waals surface area (Å²) in [4.78, 5) is 11.6. The molecule has 0 saturated carbocycles. The van der Waals surface area contributed by atoms with Gasteiger partial charge in [0.15, 0.2) is 0 Å². The van der Waals surface area contributed by atoms with Crippen LogP contribution in [0.2, 0.25) is 0 Å². The Kier molecular flexibility index (Phi) is 3.97. The van der Waals surface area contributed by atoms with E-state index < -0.39 is 0 Å². The van der Waals surface area contributed by atoms with Gasteiger partial charge in [0.2, 0.25) is 5.91 Å². The standard InChI is InChI=1S/C14H16N4O/c1-10-12(9-17-18-10)8-16-14(19)6-5-11-3-2-4-13(15)7-11/h2-7,9H,8,15H2,1H3,(H,16,19)(H,17,18)/b6-5+. The van der Waals surface area contributed by atoms with E-state index in [-0.39, 0.29) is 5.91 Å². The molecule has 1 amide bonds. The van der Waals surface area contributed by atoms with Crippen LogP contribution in [0.5, 0.6) is 0 Å². The van der Waals surface area contributed by atoms with Gasteiger partial charge in [0.05, 0.1) is 6.20 Å². The Hall–Kier alpha value is -2.56.